The Balaban J connectivity index is 1.41. The van der Waals surface area contributed by atoms with Gasteiger partial charge in [0.1, 0.15) is 5.01 Å². The van der Waals surface area contributed by atoms with Gasteiger partial charge >= 0.3 is 6.03 Å². The SMILES string of the molecule is O=C(NCCCn1ccnc1)Nc1ccccc1-c1nc2ccccc2s1. The highest BCUT2D eigenvalue weighted by molar-refractivity contribution is 7.21. The number of rotatable bonds is 6. The number of aromatic nitrogens is 3. The smallest absolute Gasteiger partial charge is 0.319 e. The summed E-state index contributed by atoms with van der Waals surface area (Å²) in [5, 5.41) is 6.74. The van der Waals surface area contributed by atoms with Crippen LogP contribution < -0.4 is 10.6 Å². The van der Waals surface area contributed by atoms with E-state index in [9.17, 15) is 4.79 Å². The molecule has 0 radical (unpaired) electrons. The maximum atomic E-state index is 12.3. The maximum Gasteiger partial charge on any atom is 0.319 e. The normalized spacial score (nSPS) is 10.8. The van der Waals surface area contributed by atoms with E-state index in [2.05, 4.69) is 21.7 Å². The van der Waals surface area contributed by atoms with Crippen LogP contribution in [0.3, 0.4) is 0 Å². The second kappa shape index (κ2) is 8.01. The molecule has 0 saturated carbocycles. The Morgan fingerprint density at radius 2 is 1.96 bits per heavy atom. The van der Waals surface area contributed by atoms with Crippen LogP contribution in [0.2, 0.25) is 0 Å². The van der Waals surface area contributed by atoms with E-state index in [1.807, 2.05) is 53.2 Å². The lowest BCUT2D eigenvalue weighted by Crippen LogP contribution is -2.30. The lowest BCUT2D eigenvalue weighted by atomic mass is 10.2. The fourth-order valence-electron chi connectivity index (χ4n) is 2.82. The fraction of sp³-hybridized carbons (Fsp3) is 0.150. The van der Waals surface area contributed by atoms with E-state index in [1.165, 1.54) is 0 Å². The molecular weight excluding hydrogens is 358 g/mol. The van der Waals surface area contributed by atoms with Gasteiger partial charge in [0, 0.05) is 31.0 Å². The third kappa shape index (κ3) is 4.15. The molecule has 7 heteroatoms. The van der Waals surface area contributed by atoms with Crippen molar-refractivity contribution in [1.82, 2.24) is 19.9 Å². The minimum atomic E-state index is -0.214. The molecule has 4 rings (SSSR count). The number of amides is 2. The minimum Gasteiger partial charge on any atom is -0.338 e. The highest BCUT2D eigenvalue weighted by Crippen LogP contribution is 2.34. The molecule has 0 spiro atoms. The van der Waals surface area contributed by atoms with E-state index in [1.54, 1.807) is 23.9 Å². The summed E-state index contributed by atoms with van der Waals surface area (Å²) >= 11 is 1.62. The fourth-order valence-corrected chi connectivity index (χ4v) is 3.82. The van der Waals surface area contributed by atoms with Crippen LogP contribution >= 0.6 is 11.3 Å². The van der Waals surface area contributed by atoms with Gasteiger partial charge in [-0.15, -0.1) is 11.3 Å². The first-order chi connectivity index (χ1) is 13.3. The van der Waals surface area contributed by atoms with Crippen LogP contribution in [0.25, 0.3) is 20.8 Å². The summed E-state index contributed by atoms with van der Waals surface area (Å²) in [7, 11) is 0. The molecule has 2 N–H and O–H groups in total. The summed E-state index contributed by atoms with van der Waals surface area (Å²) in [5.74, 6) is 0. The summed E-state index contributed by atoms with van der Waals surface area (Å²) in [6, 6.07) is 15.6. The molecule has 6 nitrogen and oxygen atoms in total. The van der Waals surface area contributed by atoms with Gasteiger partial charge in [-0.2, -0.15) is 0 Å². The van der Waals surface area contributed by atoms with Crippen molar-refractivity contribution in [1.29, 1.82) is 0 Å². The number of hydrogen-bond donors (Lipinski definition) is 2. The Morgan fingerprint density at radius 3 is 2.81 bits per heavy atom. The molecule has 0 bridgehead atoms. The topological polar surface area (TPSA) is 71.8 Å². The van der Waals surface area contributed by atoms with Crippen molar-refractivity contribution >= 4 is 33.3 Å². The number of aryl methyl sites for hydroxylation is 1. The molecule has 27 heavy (non-hydrogen) atoms. The Labute approximate surface area is 160 Å². The lowest BCUT2D eigenvalue weighted by molar-refractivity contribution is 0.252. The number of benzene rings is 2. The molecule has 2 heterocycles. The Morgan fingerprint density at radius 1 is 1.11 bits per heavy atom. The predicted molar refractivity (Wildman–Crippen MR) is 109 cm³/mol. The highest BCUT2D eigenvalue weighted by atomic mass is 32.1. The van der Waals surface area contributed by atoms with Crippen molar-refractivity contribution < 1.29 is 4.79 Å². The van der Waals surface area contributed by atoms with Crippen molar-refractivity contribution in [2.75, 3.05) is 11.9 Å². The van der Waals surface area contributed by atoms with Gasteiger partial charge in [0.2, 0.25) is 0 Å². The molecule has 2 amide bonds. The molecule has 0 aliphatic carbocycles. The van der Waals surface area contributed by atoms with Crippen LogP contribution in [0.15, 0.2) is 67.3 Å². The number of nitrogens with one attached hydrogen (secondary N) is 2. The second-order valence-corrected chi connectivity index (χ2v) is 7.10. The summed E-state index contributed by atoms with van der Waals surface area (Å²) in [6.07, 6.45) is 6.27. The zero-order valence-corrected chi connectivity index (χ0v) is 15.4. The molecule has 2 aromatic heterocycles. The minimum absolute atomic E-state index is 0.214. The quantitative estimate of drug-likeness (QED) is 0.490. The summed E-state index contributed by atoms with van der Waals surface area (Å²) in [4.78, 5) is 21.0. The largest absolute Gasteiger partial charge is 0.338 e. The number of carbonyl (C=O) groups is 1. The van der Waals surface area contributed by atoms with Gasteiger partial charge in [-0.05, 0) is 30.7 Å². The van der Waals surface area contributed by atoms with Crippen molar-refractivity contribution in [3.05, 3.63) is 67.3 Å². The molecule has 0 aliphatic heterocycles. The van der Waals surface area contributed by atoms with Gasteiger partial charge in [-0.25, -0.2) is 14.8 Å². The Hall–Kier alpha value is -3.19. The van der Waals surface area contributed by atoms with Crippen LogP contribution in [-0.4, -0.2) is 27.1 Å². The highest BCUT2D eigenvalue weighted by Gasteiger charge is 2.12. The second-order valence-electron chi connectivity index (χ2n) is 6.07. The van der Waals surface area contributed by atoms with E-state index in [4.69, 9.17) is 4.98 Å². The zero-order valence-electron chi connectivity index (χ0n) is 14.6. The number of nitrogens with zero attached hydrogens (tertiary/aromatic N) is 3. The zero-order chi connectivity index (χ0) is 18.5. The van der Waals surface area contributed by atoms with Crippen LogP contribution in [-0.2, 0) is 6.54 Å². The number of imidazole rings is 1. The number of hydrogen-bond acceptors (Lipinski definition) is 4. The van der Waals surface area contributed by atoms with Crippen molar-refractivity contribution in [2.45, 2.75) is 13.0 Å². The summed E-state index contributed by atoms with van der Waals surface area (Å²) in [6.45, 7) is 1.41. The molecule has 4 aromatic rings. The van der Waals surface area contributed by atoms with Crippen molar-refractivity contribution in [3.63, 3.8) is 0 Å². The average Bonchev–Trinajstić information content (AvgIpc) is 3.35. The molecule has 0 unspecified atom stereocenters. The summed E-state index contributed by atoms with van der Waals surface area (Å²) in [5.41, 5.74) is 2.65. The van der Waals surface area contributed by atoms with Gasteiger partial charge in [0.05, 0.1) is 22.2 Å². The van der Waals surface area contributed by atoms with E-state index in [0.717, 1.165) is 39.4 Å². The number of anilines is 1. The Bertz CT molecular complexity index is 1010. The van der Waals surface area contributed by atoms with Crippen molar-refractivity contribution in [2.24, 2.45) is 0 Å². The summed E-state index contributed by atoms with van der Waals surface area (Å²) < 4.78 is 3.12. The number of carbonyl (C=O) groups excluding carboxylic acids is 1. The first kappa shape index (κ1) is 17.2. The van der Waals surface area contributed by atoms with Crippen LogP contribution in [0.5, 0.6) is 0 Å². The van der Waals surface area contributed by atoms with Crippen molar-refractivity contribution in [3.8, 4) is 10.6 Å². The standard InChI is InChI=1S/C20H19N5OS/c26-20(22-10-5-12-25-13-11-21-14-25)24-16-7-2-1-6-15(16)19-23-17-8-3-4-9-18(17)27-19/h1-4,6-9,11,13-14H,5,10,12H2,(H2,22,24,26). The molecule has 0 atom stereocenters. The lowest BCUT2D eigenvalue weighted by Gasteiger charge is -2.10. The van der Waals surface area contributed by atoms with E-state index >= 15 is 0 Å². The third-order valence-electron chi connectivity index (χ3n) is 4.14. The van der Waals surface area contributed by atoms with Crippen LogP contribution in [0.4, 0.5) is 10.5 Å². The maximum absolute atomic E-state index is 12.3. The van der Waals surface area contributed by atoms with Gasteiger partial charge in [-0.1, -0.05) is 24.3 Å². The monoisotopic (exact) mass is 377 g/mol. The van der Waals surface area contributed by atoms with Gasteiger partial charge in [-0.3, -0.25) is 0 Å². The first-order valence-electron chi connectivity index (χ1n) is 8.75. The number of fused-ring (bicyclic) bond motifs is 1. The number of urea groups is 1. The van der Waals surface area contributed by atoms with E-state index in [0.29, 0.717) is 6.54 Å². The van der Waals surface area contributed by atoms with E-state index in [-0.39, 0.29) is 6.03 Å². The van der Waals surface area contributed by atoms with Gasteiger partial charge in [0.15, 0.2) is 0 Å². The van der Waals surface area contributed by atoms with Gasteiger partial charge in [0.25, 0.3) is 0 Å². The van der Waals surface area contributed by atoms with E-state index < -0.39 is 0 Å². The molecule has 0 aliphatic rings. The third-order valence-corrected chi connectivity index (χ3v) is 5.21. The predicted octanol–water partition coefficient (Wildman–Crippen LogP) is 4.37. The van der Waals surface area contributed by atoms with Crippen LogP contribution in [0.1, 0.15) is 6.42 Å². The molecule has 136 valence electrons. The number of thiazole rings is 1. The Kier molecular flexibility index (Phi) is 5.11. The molecular formula is C20H19N5OS. The molecule has 2 aromatic carbocycles. The number of para-hydroxylation sites is 2. The van der Waals surface area contributed by atoms with Gasteiger partial charge < -0.3 is 15.2 Å². The molecule has 0 saturated heterocycles. The first-order valence-corrected chi connectivity index (χ1v) is 9.57. The van der Waals surface area contributed by atoms with Crippen LogP contribution in [0, 0.1) is 0 Å². The average molecular weight is 377 g/mol. The molecule has 0 fully saturated rings.